The Kier molecular flexibility index (Phi) is 9.16. The zero-order valence-electron chi connectivity index (χ0n) is 20.8. The number of aromatic nitrogens is 1. The molecule has 0 spiro atoms. The Morgan fingerprint density at radius 2 is 1.78 bits per heavy atom. The number of nitrogens with zero attached hydrogens (tertiary/aromatic N) is 1. The minimum Gasteiger partial charge on any atom is -0.496 e. The number of nitrogens with one attached hydrogen (secondary N) is 3. The Labute approximate surface area is 230 Å². The highest BCUT2D eigenvalue weighted by Gasteiger charge is 2.20. The molecule has 1 unspecified atom stereocenters. The summed E-state index contributed by atoms with van der Waals surface area (Å²) in [6, 6.07) is 23.6. The molecule has 9 heteroatoms. The van der Waals surface area contributed by atoms with Crippen molar-refractivity contribution in [3.63, 3.8) is 0 Å². The van der Waals surface area contributed by atoms with E-state index in [-0.39, 0.29) is 11.2 Å². The Morgan fingerprint density at radius 1 is 1.03 bits per heavy atom. The molecule has 0 aliphatic rings. The van der Waals surface area contributed by atoms with Crippen molar-refractivity contribution in [2.75, 3.05) is 23.1 Å². The fraction of sp³-hybridized carbons (Fsp3) is 0.179. The standard InChI is InChI=1S/C28H28N4O2S3/c1-4-25(26(33)32-28-31-23(17-36-28)22-10-5-6-11-24(22)34-3)37-21-9-7-8-20(16-21)30-27(35)29-19-14-12-18(2)13-15-19/h5-17,25H,4H2,1-3H3,(H2,29,30,35)(H,31,32,33). The summed E-state index contributed by atoms with van der Waals surface area (Å²) in [5.74, 6) is 0.665. The van der Waals surface area contributed by atoms with Crippen LogP contribution in [0.1, 0.15) is 18.9 Å². The van der Waals surface area contributed by atoms with E-state index in [1.165, 1.54) is 28.7 Å². The summed E-state index contributed by atoms with van der Waals surface area (Å²) >= 11 is 8.38. The number of benzene rings is 3. The minimum atomic E-state index is -0.272. The minimum absolute atomic E-state index is 0.0802. The molecule has 0 saturated heterocycles. The average Bonchev–Trinajstić information content (AvgIpc) is 3.37. The van der Waals surface area contributed by atoms with Crippen LogP contribution in [0.3, 0.4) is 0 Å². The summed E-state index contributed by atoms with van der Waals surface area (Å²) in [5.41, 5.74) is 4.63. The summed E-state index contributed by atoms with van der Waals surface area (Å²) in [4.78, 5) is 18.6. The Balaban J connectivity index is 1.37. The molecule has 3 N–H and O–H groups in total. The molecule has 0 aliphatic heterocycles. The number of anilines is 3. The summed E-state index contributed by atoms with van der Waals surface area (Å²) < 4.78 is 5.44. The first kappa shape index (κ1) is 26.7. The number of aryl methyl sites for hydroxylation is 1. The van der Waals surface area contributed by atoms with Crippen molar-refractivity contribution >= 4 is 62.8 Å². The van der Waals surface area contributed by atoms with Crippen molar-refractivity contribution in [1.82, 2.24) is 4.98 Å². The van der Waals surface area contributed by atoms with Crippen LogP contribution < -0.4 is 20.7 Å². The van der Waals surface area contributed by atoms with Gasteiger partial charge < -0.3 is 20.7 Å². The quantitative estimate of drug-likeness (QED) is 0.148. The van der Waals surface area contributed by atoms with Crippen LogP contribution in [0.25, 0.3) is 11.3 Å². The number of thioether (sulfide) groups is 1. The van der Waals surface area contributed by atoms with Crippen molar-refractivity contribution in [2.24, 2.45) is 0 Å². The van der Waals surface area contributed by atoms with Gasteiger partial charge in [-0.1, -0.05) is 42.8 Å². The Bertz CT molecular complexity index is 1370. The molecule has 190 valence electrons. The lowest BCUT2D eigenvalue weighted by Gasteiger charge is -2.15. The monoisotopic (exact) mass is 548 g/mol. The van der Waals surface area contributed by atoms with Gasteiger partial charge in [-0.05, 0) is 68.0 Å². The third kappa shape index (κ3) is 7.31. The number of carbonyl (C=O) groups excluding carboxylic acids is 1. The van der Waals surface area contributed by atoms with Crippen molar-refractivity contribution in [2.45, 2.75) is 30.4 Å². The molecule has 4 aromatic rings. The highest BCUT2D eigenvalue weighted by atomic mass is 32.2. The largest absolute Gasteiger partial charge is 0.496 e. The van der Waals surface area contributed by atoms with E-state index in [4.69, 9.17) is 17.0 Å². The molecular formula is C28H28N4O2S3. The Hall–Kier alpha value is -3.40. The van der Waals surface area contributed by atoms with E-state index >= 15 is 0 Å². The topological polar surface area (TPSA) is 75.3 Å². The molecule has 1 amide bonds. The van der Waals surface area contributed by atoms with Gasteiger partial charge in [0.1, 0.15) is 5.75 Å². The lowest BCUT2D eigenvalue weighted by molar-refractivity contribution is -0.115. The van der Waals surface area contributed by atoms with Gasteiger partial charge in [0, 0.05) is 27.2 Å². The lowest BCUT2D eigenvalue weighted by Crippen LogP contribution is -2.24. The van der Waals surface area contributed by atoms with Crippen LogP contribution in [0, 0.1) is 6.92 Å². The second-order valence-corrected chi connectivity index (χ2v) is 10.8. The van der Waals surface area contributed by atoms with E-state index in [2.05, 4.69) is 20.9 Å². The molecule has 1 atom stereocenters. The van der Waals surface area contributed by atoms with E-state index in [0.717, 1.165) is 33.3 Å². The van der Waals surface area contributed by atoms with Gasteiger partial charge >= 0.3 is 0 Å². The molecule has 0 bridgehead atoms. The van der Waals surface area contributed by atoms with Crippen LogP contribution >= 0.6 is 35.3 Å². The number of amides is 1. The number of carbonyl (C=O) groups is 1. The van der Waals surface area contributed by atoms with Gasteiger partial charge in [0.25, 0.3) is 0 Å². The first-order chi connectivity index (χ1) is 17.9. The SMILES string of the molecule is CCC(Sc1cccc(NC(=S)Nc2ccc(C)cc2)c1)C(=O)Nc1nc(-c2ccccc2OC)cs1. The molecule has 0 radical (unpaired) electrons. The predicted molar refractivity (Wildman–Crippen MR) is 160 cm³/mol. The van der Waals surface area contributed by atoms with Crippen LogP contribution in [-0.4, -0.2) is 28.4 Å². The second-order valence-electron chi connectivity index (χ2n) is 8.22. The fourth-order valence-corrected chi connectivity index (χ4v) is 5.52. The molecule has 37 heavy (non-hydrogen) atoms. The molecule has 0 fully saturated rings. The van der Waals surface area contributed by atoms with Crippen molar-refractivity contribution < 1.29 is 9.53 Å². The van der Waals surface area contributed by atoms with E-state index in [9.17, 15) is 4.79 Å². The van der Waals surface area contributed by atoms with Gasteiger partial charge in [0.15, 0.2) is 10.2 Å². The van der Waals surface area contributed by atoms with E-state index in [1.54, 1.807) is 7.11 Å². The van der Waals surface area contributed by atoms with Gasteiger partial charge in [0.05, 0.1) is 18.1 Å². The molecular weight excluding hydrogens is 521 g/mol. The molecule has 1 heterocycles. The van der Waals surface area contributed by atoms with Gasteiger partial charge in [0.2, 0.25) is 5.91 Å². The number of ether oxygens (including phenoxy) is 1. The van der Waals surface area contributed by atoms with Crippen LogP contribution in [0.4, 0.5) is 16.5 Å². The summed E-state index contributed by atoms with van der Waals surface area (Å²) in [7, 11) is 1.63. The second kappa shape index (κ2) is 12.7. The Morgan fingerprint density at radius 3 is 2.54 bits per heavy atom. The highest BCUT2D eigenvalue weighted by molar-refractivity contribution is 8.00. The molecule has 3 aromatic carbocycles. The molecule has 0 saturated carbocycles. The summed E-state index contributed by atoms with van der Waals surface area (Å²) in [6.07, 6.45) is 0.673. The smallest absolute Gasteiger partial charge is 0.239 e. The number of methoxy groups -OCH3 is 1. The van der Waals surface area contributed by atoms with E-state index in [0.29, 0.717) is 16.7 Å². The number of para-hydroxylation sites is 1. The predicted octanol–water partition coefficient (Wildman–Crippen LogP) is 7.45. The van der Waals surface area contributed by atoms with E-state index < -0.39 is 0 Å². The number of rotatable bonds is 9. The van der Waals surface area contributed by atoms with Crippen molar-refractivity contribution in [1.29, 1.82) is 0 Å². The zero-order valence-corrected chi connectivity index (χ0v) is 23.2. The normalized spacial score (nSPS) is 11.4. The number of hydrogen-bond donors (Lipinski definition) is 3. The van der Waals surface area contributed by atoms with Crippen LogP contribution in [0.5, 0.6) is 5.75 Å². The zero-order chi connectivity index (χ0) is 26.2. The third-order valence-corrected chi connectivity index (χ3v) is 7.78. The maximum absolute atomic E-state index is 13.1. The van der Waals surface area contributed by atoms with Crippen molar-refractivity contribution in [3.8, 4) is 17.0 Å². The highest BCUT2D eigenvalue weighted by Crippen LogP contribution is 2.33. The number of hydrogen-bond acceptors (Lipinski definition) is 6. The molecule has 1 aromatic heterocycles. The summed E-state index contributed by atoms with van der Waals surface area (Å²) in [6.45, 7) is 4.05. The maximum Gasteiger partial charge on any atom is 0.239 e. The molecule has 0 aliphatic carbocycles. The van der Waals surface area contributed by atoms with E-state index in [1.807, 2.05) is 92.0 Å². The number of thiazole rings is 1. The molecule has 4 rings (SSSR count). The van der Waals surface area contributed by atoms with Gasteiger partial charge in [-0.2, -0.15) is 0 Å². The van der Waals surface area contributed by atoms with Gasteiger partial charge in [-0.15, -0.1) is 23.1 Å². The first-order valence-corrected chi connectivity index (χ1v) is 13.9. The lowest BCUT2D eigenvalue weighted by atomic mass is 10.1. The number of thiocarbonyl (C=S) groups is 1. The van der Waals surface area contributed by atoms with Crippen LogP contribution in [0.2, 0.25) is 0 Å². The maximum atomic E-state index is 13.1. The van der Waals surface area contributed by atoms with Gasteiger partial charge in [-0.3, -0.25) is 4.79 Å². The van der Waals surface area contributed by atoms with Gasteiger partial charge in [-0.25, -0.2) is 4.98 Å². The summed E-state index contributed by atoms with van der Waals surface area (Å²) in [5, 5.41) is 12.1. The first-order valence-electron chi connectivity index (χ1n) is 11.8. The average molecular weight is 549 g/mol. The third-order valence-electron chi connectivity index (χ3n) is 5.46. The van der Waals surface area contributed by atoms with Crippen LogP contribution in [0.15, 0.2) is 83.1 Å². The molecule has 6 nitrogen and oxygen atoms in total. The van der Waals surface area contributed by atoms with Crippen LogP contribution in [-0.2, 0) is 4.79 Å². The fourth-order valence-electron chi connectivity index (χ4n) is 3.56. The van der Waals surface area contributed by atoms with Crippen molar-refractivity contribution in [3.05, 3.63) is 83.7 Å².